The number of alkyl halides is 6. The van der Waals surface area contributed by atoms with Gasteiger partial charge in [-0.25, -0.2) is 23.5 Å². The van der Waals surface area contributed by atoms with Crippen molar-refractivity contribution in [2.24, 2.45) is 0 Å². The monoisotopic (exact) mass is 647 g/mol. The van der Waals surface area contributed by atoms with Gasteiger partial charge in [0.25, 0.3) is 0 Å². The molecule has 44 heavy (non-hydrogen) atoms. The smallest absolute Gasteiger partial charge is 0.475 e. The molecule has 0 unspecified atom stereocenters. The Balaban J connectivity index is 0.000000566. The van der Waals surface area contributed by atoms with Crippen LogP contribution < -0.4 is 9.80 Å². The molecule has 0 aliphatic carbocycles. The maximum Gasteiger partial charge on any atom is 0.490 e. The minimum absolute atomic E-state index is 0.0452. The first-order valence-corrected chi connectivity index (χ1v) is 13.1. The number of carboxylic acid groups (broad SMARTS) is 1. The van der Waals surface area contributed by atoms with Crippen LogP contribution in [0.4, 0.5) is 46.9 Å². The summed E-state index contributed by atoms with van der Waals surface area (Å²) in [5.74, 6) is -3.66. The van der Waals surface area contributed by atoms with Gasteiger partial charge in [0, 0.05) is 43.0 Å². The van der Waals surface area contributed by atoms with Crippen LogP contribution in [0.3, 0.4) is 0 Å². The van der Waals surface area contributed by atoms with Gasteiger partial charge >= 0.3 is 18.3 Å². The largest absolute Gasteiger partial charge is 0.490 e. The third-order valence-electron chi connectivity index (χ3n) is 6.57. The van der Waals surface area contributed by atoms with Gasteiger partial charge in [0.15, 0.2) is 11.6 Å². The molecule has 2 aromatic carbocycles. The van der Waals surface area contributed by atoms with Crippen LogP contribution in [-0.4, -0.2) is 57.9 Å². The van der Waals surface area contributed by atoms with Gasteiger partial charge in [0.05, 0.1) is 22.0 Å². The molecule has 0 bridgehead atoms. The second-order valence-corrected chi connectivity index (χ2v) is 10.00. The number of hydrogen-bond donors (Lipinski definition) is 2. The number of halogens is 9. The number of rotatable bonds is 4. The van der Waals surface area contributed by atoms with Crippen molar-refractivity contribution in [2.75, 3.05) is 29.4 Å². The zero-order valence-electron chi connectivity index (χ0n) is 22.5. The molecule has 0 saturated carbocycles. The normalized spacial score (nSPS) is 15.5. The van der Waals surface area contributed by atoms with Crippen molar-refractivity contribution in [3.63, 3.8) is 0 Å². The lowest BCUT2D eigenvalue weighted by Gasteiger charge is -2.40. The van der Waals surface area contributed by atoms with Crippen LogP contribution in [0.2, 0.25) is 5.02 Å². The molecule has 3 heterocycles. The Kier molecular flexibility index (Phi) is 9.37. The standard InChI is InChI=1S/C26H21ClF5N5.C2HF3O2/c1-15-14-36(24-19(27)3-2-10-33-24)11-12-37(15)25-34-22(16-4-7-18(8-5-16)26(30,31)32)23(35-25)17-6-9-20(28)21(29)13-17;3-2(4,5)1(6)7/h2-10,13,15H,11-12,14H2,1H3,(H,34,35);(H,6,7)/t15-;/m1./s1. The summed E-state index contributed by atoms with van der Waals surface area (Å²) in [6, 6.07) is 11.5. The Morgan fingerprint density at radius 2 is 1.61 bits per heavy atom. The fourth-order valence-corrected chi connectivity index (χ4v) is 4.70. The first kappa shape index (κ1) is 32.5. The van der Waals surface area contributed by atoms with Crippen LogP contribution in [-0.2, 0) is 11.0 Å². The molecule has 1 fully saturated rings. The summed E-state index contributed by atoms with van der Waals surface area (Å²) in [5, 5.41) is 7.67. The number of aromatic nitrogens is 3. The Morgan fingerprint density at radius 1 is 0.977 bits per heavy atom. The Morgan fingerprint density at radius 3 is 2.16 bits per heavy atom. The van der Waals surface area contributed by atoms with Crippen LogP contribution in [0.25, 0.3) is 22.5 Å². The molecule has 1 aliphatic rings. The van der Waals surface area contributed by atoms with E-state index in [0.29, 0.717) is 58.9 Å². The van der Waals surface area contributed by atoms with Crippen LogP contribution in [0.5, 0.6) is 0 Å². The van der Waals surface area contributed by atoms with Crippen molar-refractivity contribution in [1.29, 1.82) is 0 Å². The van der Waals surface area contributed by atoms with E-state index in [0.717, 1.165) is 24.3 Å². The number of nitrogens with one attached hydrogen (secondary N) is 1. The quantitative estimate of drug-likeness (QED) is 0.224. The van der Waals surface area contributed by atoms with E-state index in [1.54, 1.807) is 18.3 Å². The first-order chi connectivity index (χ1) is 20.6. The molecule has 1 saturated heterocycles. The number of H-pyrrole nitrogens is 1. The van der Waals surface area contributed by atoms with Gasteiger partial charge in [-0.2, -0.15) is 26.3 Å². The molecule has 4 aromatic rings. The third kappa shape index (κ3) is 7.38. The van der Waals surface area contributed by atoms with Gasteiger partial charge < -0.3 is 19.9 Å². The SMILES string of the molecule is C[C@@H]1CN(c2ncccc2Cl)CCN1c1nc(-c2ccc(F)c(F)c2)c(-c2ccc(C(F)(F)F)cc2)[nH]1.O=C(O)C(F)(F)F. The highest BCUT2D eigenvalue weighted by Gasteiger charge is 2.38. The third-order valence-corrected chi connectivity index (χ3v) is 6.86. The summed E-state index contributed by atoms with van der Waals surface area (Å²) in [6.45, 7) is 3.73. The molecule has 1 aliphatic heterocycles. The number of imidazole rings is 1. The maximum atomic E-state index is 14.1. The van der Waals surface area contributed by atoms with Crippen LogP contribution in [0.15, 0.2) is 60.8 Å². The van der Waals surface area contributed by atoms with Crippen molar-refractivity contribution in [3.8, 4) is 22.5 Å². The fraction of sp³-hybridized carbons (Fsp3) is 0.250. The fourth-order valence-electron chi connectivity index (χ4n) is 4.46. The topological polar surface area (TPSA) is 85.4 Å². The Labute approximate surface area is 249 Å². The second kappa shape index (κ2) is 12.7. The van der Waals surface area contributed by atoms with E-state index in [-0.39, 0.29) is 6.04 Å². The number of piperazine rings is 1. The lowest BCUT2D eigenvalue weighted by Crippen LogP contribution is -2.52. The minimum atomic E-state index is -5.08. The number of carbonyl (C=O) groups is 1. The number of anilines is 2. The molecule has 234 valence electrons. The highest BCUT2D eigenvalue weighted by Crippen LogP contribution is 2.36. The average Bonchev–Trinajstić information content (AvgIpc) is 3.39. The molecule has 16 heteroatoms. The van der Waals surface area contributed by atoms with E-state index in [2.05, 4.69) is 19.9 Å². The lowest BCUT2D eigenvalue weighted by molar-refractivity contribution is -0.192. The highest BCUT2D eigenvalue weighted by atomic mass is 35.5. The second-order valence-electron chi connectivity index (χ2n) is 9.59. The number of aromatic amines is 1. The van der Waals surface area contributed by atoms with Gasteiger partial charge in [0.2, 0.25) is 5.95 Å². The van der Waals surface area contributed by atoms with Gasteiger partial charge in [0.1, 0.15) is 5.82 Å². The van der Waals surface area contributed by atoms with E-state index >= 15 is 0 Å². The van der Waals surface area contributed by atoms with Gasteiger partial charge in [-0.15, -0.1) is 0 Å². The molecule has 5 rings (SSSR count). The molecule has 1 atom stereocenters. The predicted molar refractivity (Wildman–Crippen MR) is 146 cm³/mol. The van der Waals surface area contributed by atoms with E-state index < -0.39 is 35.5 Å². The van der Waals surface area contributed by atoms with E-state index in [1.807, 2.05) is 11.8 Å². The number of pyridine rings is 1. The van der Waals surface area contributed by atoms with Crippen molar-refractivity contribution in [3.05, 3.63) is 83.0 Å². The number of benzene rings is 2. The summed E-state index contributed by atoms with van der Waals surface area (Å²) < 4.78 is 98.7. The number of carboxylic acids is 1. The van der Waals surface area contributed by atoms with Crippen molar-refractivity contribution < 1.29 is 45.0 Å². The van der Waals surface area contributed by atoms with E-state index in [1.165, 1.54) is 18.2 Å². The van der Waals surface area contributed by atoms with E-state index in [9.17, 15) is 35.1 Å². The van der Waals surface area contributed by atoms with Crippen molar-refractivity contribution in [1.82, 2.24) is 15.0 Å². The van der Waals surface area contributed by atoms with Crippen molar-refractivity contribution >= 4 is 29.3 Å². The highest BCUT2D eigenvalue weighted by molar-refractivity contribution is 6.32. The zero-order chi connectivity index (χ0) is 32.4. The summed E-state index contributed by atoms with van der Waals surface area (Å²) in [5.41, 5.74) is 0.636. The number of nitrogens with zero attached hydrogens (tertiary/aromatic N) is 4. The molecular weight excluding hydrogens is 626 g/mol. The molecule has 0 amide bonds. The Bertz CT molecular complexity index is 1630. The first-order valence-electron chi connectivity index (χ1n) is 12.7. The molecule has 0 radical (unpaired) electrons. The Hall–Kier alpha value is -4.40. The average molecular weight is 648 g/mol. The van der Waals surface area contributed by atoms with Crippen LogP contribution in [0, 0.1) is 11.6 Å². The van der Waals surface area contributed by atoms with E-state index in [4.69, 9.17) is 21.5 Å². The summed E-state index contributed by atoms with van der Waals surface area (Å²) in [6.07, 6.45) is -7.89. The number of hydrogen-bond acceptors (Lipinski definition) is 5. The van der Waals surface area contributed by atoms with Crippen LogP contribution >= 0.6 is 11.6 Å². The summed E-state index contributed by atoms with van der Waals surface area (Å²) in [7, 11) is 0. The summed E-state index contributed by atoms with van der Waals surface area (Å²) >= 11 is 6.32. The minimum Gasteiger partial charge on any atom is -0.475 e. The van der Waals surface area contributed by atoms with Gasteiger partial charge in [-0.05, 0) is 49.4 Å². The van der Waals surface area contributed by atoms with Gasteiger partial charge in [-0.3, -0.25) is 0 Å². The molecule has 2 aromatic heterocycles. The predicted octanol–water partition coefficient (Wildman–Crippen LogP) is 7.44. The number of aliphatic carboxylic acids is 1. The molecule has 7 nitrogen and oxygen atoms in total. The molecule has 0 spiro atoms. The molecular formula is C28H22ClF8N5O2. The zero-order valence-corrected chi connectivity index (χ0v) is 23.3. The lowest BCUT2D eigenvalue weighted by atomic mass is 10.0. The molecule has 2 N–H and O–H groups in total. The van der Waals surface area contributed by atoms with Crippen molar-refractivity contribution in [2.45, 2.75) is 25.3 Å². The summed E-state index contributed by atoms with van der Waals surface area (Å²) in [4.78, 5) is 25.3. The maximum absolute atomic E-state index is 14.1. The van der Waals surface area contributed by atoms with Gasteiger partial charge in [-0.1, -0.05) is 23.7 Å². The van der Waals surface area contributed by atoms with Crippen LogP contribution in [0.1, 0.15) is 12.5 Å².